The molecule has 0 aliphatic rings. The van der Waals surface area contributed by atoms with Crippen LogP contribution in [0.15, 0.2) is 53.4 Å². The third kappa shape index (κ3) is 3.41. The molecule has 0 radical (unpaired) electrons. The molecule has 0 amide bonds. The van der Waals surface area contributed by atoms with Crippen molar-refractivity contribution in [2.75, 3.05) is 13.6 Å². The number of rotatable bonds is 6. The van der Waals surface area contributed by atoms with Gasteiger partial charge < -0.3 is 0 Å². The molecular weight excluding hydrogens is 330 g/mol. The largest absolute Gasteiger partial charge is 0.245 e. The number of aryl methyl sites for hydroxylation is 1. The van der Waals surface area contributed by atoms with Gasteiger partial charge in [0.2, 0.25) is 10.0 Å². The molecule has 1 aromatic heterocycles. The van der Waals surface area contributed by atoms with Crippen LogP contribution in [0.25, 0.3) is 11.0 Å². The van der Waals surface area contributed by atoms with Gasteiger partial charge in [-0.15, -0.1) is 0 Å². The van der Waals surface area contributed by atoms with Crippen LogP contribution in [0.1, 0.15) is 12.0 Å². The summed E-state index contributed by atoms with van der Waals surface area (Å²) in [4.78, 5) is 0.228. The SMILES string of the molecule is CN(CCCc1ccccc1)S(=O)(=O)c1cccc2nsnc12. The molecule has 2 aromatic carbocycles. The Bertz CT molecular complexity index is 892. The molecule has 0 aliphatic heterocycles. The highest BCUT2D eigenvalue weighted by Gasteiger charge is 2.24. The summed E-state index contributed by atoms with van der Waals surface area (Å²) in [5.41, 5.74) is 2.28. The first-order chi connectivity index (χ1) is 11.1. The maximum atomic E-state index is 12.7. The zero-order valence-corrected chi connectivity index (χ0v) is 14.3. The summed E-state index contributed by atoms with van der Waals surface area (Å²) in [6, 6.07) is 15.1. The van der Waals surface area contributed by atoms with E-state index in [1.54, 1.807) is 25.2 Å². The van der Waals surface area contributed by atoms with Crippen molar-refractivity contribution in [3.63, 3.8) is 0 Å². The summed E-state index contributed by atoms with van der Waals surface area (Å²) >= 11 is 1.03. The molecule has 3 aromatic rings. The van der Waals surface area contributed by atoms with Crippen molar-refractivity contribution < 1.29 is 8.42 Å². The molecule has 0 bridgehead atoms. The molecule has 0 saturated heterocycles. The third-order valence-corrected chi connectivity index (χ3v) is 6.15. The summed E-state index contributed by atoms with van der Waals surface area (Å²) < 4.78 is 35.1. The van der Waals surface area contributed by atoms with Crippen LogP contribution < -0.4 is 0 Å². The molecule has 0 fully saturated rings. The first-order valence-electron chi connectivity index (χ1n) is 7.30. The van der Waals surface area contributed by atoms with E-state index in [9.17, 15) is 8.42 Å². The zero-order valence-electron chi connectivity index (χ0n) is 12.7. The number of sulfonamides is 1. The minimum Gasteiger partial charge on any atom is -0.207 e. The summed E-state index contributed by atoms with van der Waals surface area (Å²) in [5, 5.41) is 0. The van der Waals surface area contributed by atoms with Crippen LogP contribution >= 0.6 is 11.7 Å². The highest BCUT2D eigenvalue weighted by molar-refractivity contribution is 7.89. The molecule has 120 valence electrons. The van der Waals surface area contributed by atoms with Crippen LogP contribution in [0, 0.1) is 0 Å². The number of hydrogen-bond donors (Lipinski definition) is 0. The van der Waals surface area contributed by atoms with Gasteiger partial charge in [-0.1, -0.05) is 36.4 Å². The lowest BCUT2D eigenvalue weighted by Crippen LogP contribution is -2.28. The molecule has 0 aliphatic carbocycles. The van der Waals surface area contributed by atoms with Crippen LogP contribution in [0.4, 0.5) is 0 Å². The number of benzene rings is 2. The van der Waals surface area contributed by atoms with Crippen LogP contribution in [-0.4, -0.2) is 35.1 Å². The van der Waals surface area contributed by atoms with E-state index in [-0.39, 0.29) is 4.90 Å². The second-order valence-corrected chi connectivity index (χ2v) is 7.85. The summed E-state index contributed by atoms with van der Waals surface area (Å²) in [7, 11) is -1.94. The molecule has 1 heterocycles. The molecule has 23 heavy (non-hydrogen) atoms. The second kappa shape index (κ2) is 6.74. The Morgan fingerprint density at radius 3 is 2.61 bits per heavy atom. The van der Waals surface area contributed by atoms with Gasteiger partial charge in [0.1, 0.15) is 15.9 Å². The lowest BCUT2D eigenvalue weighted by Gasteiger charge is -2.17. The quantitative estimate of drug-likeness (QED) is 0.688. The molecular formula is C16H17N3O2S2. The summed E-state index contributed by atoms with van der Waals surface area (Å²) in [6.45, 7) is 0.463. The van der Waals surface area contributed by atoms with Crippen molar-refractivity contribution in [3.8, 4) is 0 Å². The lowest BCUT2D eigenvalue weighted by molar-refractivity contribution is 0.462. The van der Waals surface area contributed by atoms with Gasteiger partial charge in [0.15, 0.2) is 0 Å². The van der Waals surface area contributed by atoms with Crippen LogP contribution in [0.5, 0.6) is 0 Å². The van der Waals surface area contributed by atoms with E-state index in [0.717, 1.165) is 24.6 Å². The number of fused-ring (bicyclic) bond motifs is 1. The minimum absolute atomic E-state index is 0.228. The van der Waals surface area contributed by atoms with Crippen molar-refractivity contribution in [1.82, 2.24) is 13.1 Å². The van der Waals surface area contributed by atoms with Gasteiger partial charge in [0, 0.05) is 13.6 Å². The first-order valence-corrected chi connectivity index (χ1v) is 9.47. The number of hydrogen-bond acceptors (Lipinski definition) is 5. The van der Waals surface area contributed by atoms with Gasteiger partial charge in [-0.05, 0) is 30.5 Å². The van der Waals surface area contributed by atoms with Gasteiger partial charge in [-0.3, -0.25) is 0 Å². The summed E-state index contributed by atoms with van der Waals surface area (Å²) in [5.74, 6) is 0. The van der Waals surface area contributed by atoms with E-state index in [0.29, 0.717) is 17.6 Å². The maximum Gasteiger partial charge on any atom is 0.245 e. The minimum atomic E-state index is -3.55. The Balaban J connectivity index is 1.73. The van der Waals surface area contributed by atoms with Gasteiger partial charge in [0.05, 0.1) is 11.7 Å². The van der Waals surface area contributed by atoms with Crippen LogP contribution in [0.3, 0.4) is 0 Å². The smallest absolute Gasteiger partial charge is 0.207 e. The normalized spacial score (nSPS) is 12.1. The van der Waals surface area contributed by atoms with Crippen molar-refractivity contribution in [1.29, 1.82) is 0 Å². The Kier molecular flexibility index (Phi) is 4.70. The van der Waals surface area contributed by atoms with E-state index in [1.165, 1.54) is 9.87 Å². The molecule has 0 N–H and O–H groups in total. The van der Waals surface area contributed by atoms with Crippen LogP contribution in [-0.2, 0) is 16.4 Å². The number of nitrogens with zero attached hydrogens (tertiary/aromatic N) is 3. The average molecular weight is 347 g/mol. The standard InChI is InChI=1S/C16H17N3O2S2/c1-19(12-6-9-13-7-3-2-4-8-13)23(20,21)15-11-5-10-14-16(15)18-22-17-14/h2-5,7-8,10-11H,6,9,12H2,1H3. The van der Waals surface area contributed by atoms with Gasteiger partial charge in [-0.25, -0.2) is 12.7 Å². The topological polar surface area (TPSA) is 63.2 Å². The van der Waals surface area contributed by atoms with E-state index >= 15 is 0 Å². The Hall–Kier alpha value is -1.83. The Labute approximate surface area is 140 Å². The van der Waals surface area contributed by atoms with Crippen molar-refractivity contribution >= 4 is 32.8 Å². The molecule has 3 rings (SSSR count). The van der Waals surface area contributed by atoms with Gasteiger partial charge >= 0.3 is 0 Å². The number of aromatic nitrogens is 2. The second-order valence-electron chi connectivity index (χ2n) is 5.30. The fourth-order valence-electron chi connectivity index (χ4n) is 2.43. The fourth-order valence-corrected chi connectivity index (χ4v) is 4.39. The third-order valence-electron chi connectivity index (χ3n) is 3.72. The van der Waals surface area contributed by atoms with Crippen molar-refractivity contribution in [3.05, 3.63) is 54.1 Å². The van der Waals surface area contributed by atoms with E-state index in [4.69, 9.17) is 0 Å². The van der Waals surface area contributed by atoms with E-state index < -0.39 is 10.0 Å². The maximum absolute atomic E-state index is 12.7. The van der Waals surface area contributed by atoms with E-state index in [2.05, 4.69) is 20.9 Å². The molecule has 5 nitrogen and oxygen atoms in total. The summed E-state index contributed by atoms with van der Waals surface area (Å²) in [6.07, 6.45) is 1.62. The zero-order chi connectivity index (χ0) is 16.3. The molecule has 7 heteroatoms. The van der Waals surface area contributed by atoms with E-state index in [1.807, 2.05) is 18.2 Å². The van der Waals surface area contributed by atoms with Crippen LogP contribution in [0.2, 0.25) is 0 Å². The Morgan fingerprint density at radius 2 is 1.83 bits per heavy atom. The Morgan fingerprint density at radius 1 is 1.04 bits per heavy atom. The molecule has 0 saturated carbocycles. The lowest BCUT2D eigenvalue weighted by atomic mass is 10.1. The predicted octanol–water partition coefficient (Wildman–Crippen LogP) is 2.94. The van der Waals surface area contributed by atoms with Crippen molar-refractivity contribution in [2.45, 2.75) is 17.7 Å². The molecule has 0 unspecified atom stereocenters. The van der Waals surface area contributed by atoms with Gasteiger partial charge in [0.25, 0.3) is 0 Å². The monoisotopic (exact) mass is 347 g/mol. The molecule has 0 spiro atoms. The highest BCUT2D eigenvalue weighted by atomic mass is 32.2. The van der Waals surface area contributed by atoms with Gasteiger partial charge in [-0.2, -0.15) is 8.75 Å². The average Bonchev–Trinajstić information content (AvgIpc) is 3.04. The fraction of sp³-hybridized carbons (Fsp3) is 0.250. The molecule has 0 atom stereocenters. The first kappa shape index (κ1) is 16.0. The highest BCUT2D eigenvalue weighted by Crippen LogP contribution is 2.23. The van der Waals surface area contributed by atoms with Crippen molar-refractivity contribution in [2.24, 2.45) is 0 Å². The predicted molar refractivity (Wildman–Crippen MR) is 92.0 cm³/mol.